The van der Waals surface area contributed by atoms with Gasteiger partial charge in [0.25, 0.3) is 0 Å². The number of rotatable bonds is 1. The van der Waals surface area contributed by atoms with Crippen molar-refractivity contribution in [3.8, 4) is 0 Å². The molecule has 0 spiro atoms. The van der Waals surface area contributed by atoms with E-state index in [4.69, 9.17) is 11.6 Å². The third-order valence-electron chi connectivity index (χ3n) is 2.76. The molecule has 0 fully saturated rings. The highest BCUT2D eigenvalue weighted by Gasteiger charge is 2.14. The molecule has 0 atom stereocenters. The van der Waals surface area contributed by atoms with Crippen molar-refractivity contribution in [3.05, 3.63) is 35.5 Å². The average molecular weight is 253 g/mol. The fraction of sp³-hybridized carbons (Fsp3) is 0.273. The van der Waals surface area contributed by atoms with Gasteiger partial charge >= 0.3 is 0 Å². The summed E-state index contributed by atoms with van der Waals surface area (Å²) in [6.07, 6.45) is 4.16. The second kappa shape index (κ2) is 4.00. The fourth-order valence-corrected chi connectivity index (χ4v) is 2.12. The van der Waals surface area contributed by atoms with Gasteiger partial charge in [0.05, 0.1) is 18.4 Å². The maximum atomic E-state index is 13.2. The van der Waals surface area contributed by atoms with Crippen molar-refractivity contribution in [2.45, 2.75) is 6.42 Å². The largest absolute Gasteiger partial charge is 0.363 e. The number of hydrogen-bond acceptors (Lipinski definition) is 3. The van der Waals surface area contributed by atoms with E-state index in [2.05, 4.69) is 10.1 Å². The third-order valence-corrected chi connectivity index (χ3v) is 2.92. The SMILES string of the molecule is FC1=CCCN(c2ccc3nc(Cl)nn3c2)C1. The van der Waals surface area contributed by atoms with Gasteiger partial charge in [-0.1, -0.05) is 0 Å². The van der Waals surface area contributed by atoms with Gasteiger partial charge < -0.3 is 4.90 Å². The highest BCUT2D eigenvalue weighted by Crippen LogP contribution is 2.21. The minimum absolute atomic E-state index is 0.0898. The molecule has 2 aromatic rings. The highest BCUT2D eigenvalue weighted by molar-refractivity contribution is 6.28. The number of nitrogens with zero attached hydrogens (tertiary/aromatic N) is 4. The van der Waals surface area contributed by atoms with Gasteiger partial charge in [-0.25, -0.2) is 8.91 Å². The Bertz CT molecular complexity index is 592. The van der Waals surface area contributed by atoms with Crippen LogP contribution in [0.3, 0.4) is 0 Å². The van der Waals surface area contributed by atoms with Gasteiger partial charge in [0.15, 0.2) is 5.65 Å². The van der Waals surface area contributed by atoms with Crippen LogP contribution in [-0.2, 0) is 0 Å². The zero-order chi connectivity index (χ0) is 11.8. The number of hydrogen-bond donors (Lipinski definition) is 0. The van der Waals surface area contributed by atoms with Crippen LogP contribution in [0, 0.1) is 0 Å². The molecule has 0 radical (unpaired) electrons. The van der Waals surface area contributed by atoms with Crippen LogP contribution in [0.1, 0.15) is 6.42 Å². The van der Waals surface area contributed by atoms with Crippen LogP contribution in [-0.4, -0.2) is 27.7 Å². The number of halogens is 2. The molecule has 3 heterocycles. The Kier molecular flexibility index (Phi) is 2.48. The Balaban J connectivity index is 1.97. The summed E-state index contributed by atoms with van der Waals surface area (Å²) in [6.45, 7) is 1.12. The van der Waals surface area contributed by atoms with E-state index in [-0.39, 0.29) is 11.1 Å². The molecule has 0 amide bonds. The van der Waals surface area contributed by atoms with Crippen LogP contribution in [0.4, 0.5) is 10.1 Å². The van der Waals surface area contributed by atoms with Crippen molar-refractivity contribution in [1.82, 2.24) is 14.6 Å². The molecule has 0 unspecified atom stereocenters. The summed E-state index contributed by atoms with van der Waals surface area (Å²) >= 11 is 5.72. The second-order valence-electron chi connectivity index (χ2n) is 3.93. The molecule has 1 aliphatic rings. The predicted octanol–water partition coefficient (Wildman–Crippen LogP) is 2.45. The smallest absolute Gasteiger partial charge is 0.243 e. The Labute approximate surface area is 102 Å². The minimum atomic E-state index is -0.0898. The van der Waals surface area contributed by atoms with Crippen LogP contribution in [0.2, 0.25) is 5.28 Å². The number of pyridine rings is 1. The van der Waals surface area contributed by atoms with Crippen LogP contribution >= 0.6 is 11.6 Å². The zero-order valence-electron chi connectivity index (χ0n) is 8.98. The van der Waals surface area contributed by atoms with Gasteiger partial charge in [-0.15, -0.1) is 5.10 Å². The van der Waals surface area contributed by atoms with Crippen LogP contribution in [0.25, 0.3) is 5.65 Å². The molecule has 3 rings (SSSR count). The molecule has 0 aromatic carbocycles. The zero-order valence-corrected chi connectivity index (χ0v) is 9.73. The van der Waals surface area contributed by atoms with E-state index in [0.29, 0.717) is 12.2 Å². The molecule has 6 heteroatoms. The van der Waals surface area contributed by atoms with E-state index >= 15 is 0 Å². The summed E-state index contributed by atoms with van der Waals surface area (Å²) in [5.41, 5.74) is 1.61. The molecule has 0 aliphatic carbocycles. The van der Waals surface area contributed by atoms with Gasteiger partial charge in [-0.3, -0.25) is 0 Å². The second-order valence-corrected chi connectivity index (χ2v) is 4.27. The minimum Gasteiger partial charge on any atom is -0.363 e. The summed E-state index contributed by atoms with van der Waals surface area (Å²) in [5, 5.41) is 4.24. The van der Waals surface area contributed by atoms with E-state index in [1.807, 2.05) is 23.2 Å². The Morgan fingerprint density at radius 3 is 3.06 bits per heavy atom. The quantitative estimate of drug-likeness (QED) is 0.782. The predicted molar refractivity (Wildman–Crippen MR) is 64.0 cm³/mol. The lowest BCUT2D eigenvalue weighted by atomic mass is 10.2. The summed E-state index contributed by atoms with van der Waals surface area (Å²) in [6, 6.07) is 3.73. The van der Waals surface area contributed by atoms with E-state index in [1.54, 1.807) is 10.6 Å². The van der Waals surface area contributed by atoms with Crippen molar-refractivity contribution in [2.75, 3.05) is 18.0 Å². The molecule has 17 heavy (non-hydrogen) atoms. The normalized spacial score (nSPS) is 16.4. The van der Waals surface area contributed by atoms with Gasteiger partial charge in [0, 0.05) is 6.54 Å². The van der Waals surface area contributed by atoms with Crippen LogP contribution in [0.15, 0.2) is 30.2 Å². The molecule has 0 bridgehead atoms. The van der Waals surface area contributed by atoms with Crippen molar-refractivity contribution in [3.63, 3.8) is 0 Å². The van der Waals surface area contributed by atoms with E-state index in [9.17, 15) is 4.39 Å². The Hall–Kier alpha value is -1.62. The standard InChI is InChI=1S/C11H10ClFN4/c12-11-14-10-4-3-9(7-17(10)15-11)16-5-1-2-8(13)6-16/h2-4,7H,1,5-6H2. The highest BCUT2D eigenvalue weighted by atomic mass is 35.5. The summed E-state index contributed by atoms with van der Waals surface area (Å²) in [7, 11) is 0. The van der Waals surface area contributed by atoms with Gasteiger partial charge in [-0.05, 0) is 36.2 Å². The molecule has 0 saturated carbocycles. The van der Waals surface area contributed by atoms with Crippen molar-refractivity contribution in [2.24, 2.45) is 0 Å². The van der Waals surface area contributed by atoms with E-state index < -0.39 is 0 Å². The maximum absolute atomic E-state index is 13.2. The molecule has 2 aromatic heterocycles. The summed E-state index contributed by atoms with van der Waals surface area (Å²) in [5.74, 6) is -0.0898. The lowest BCUT2D eigenvalue weighted by Gasteiger charge is -2.26. The van der Waals surface area contributed by atoms with Crippen LogP contribution < -0.4 is 4.90 Å². The molecule has 4 nitrogen and oxygen atoms in total. The van der Waals surface area contributed by atoms with Crippen molar-refractivity contribution < 1.29 is 4.39 Å². The van der Waals surface area contributed by atoms with Gasteiger partial charge in [-0.2, -0.15) is 4.98 Å². The molecular formula is C11H10ClFN4. The van der Waals surface area contributed by atoms with Gasteiger partial charge in [0.1, 0.15) is 5.83 Å². The first-order valence-corrected chi connectivity index (χ1v) is 5.71. The first kappa shape index (κ1) is 10.5. The summed E-state index contributed by atoms with van der Waals surface area (Å²) in [4.78, 5) is 5.99. The molecule has 88 valence electrons. The van der Waals surface area contributed by atoms with E-state index in [0.717, 1.165) is 18.7 Å². The lowest BCUT2D eigenvalue weighted by molar-refractivity contribution is 0.574. The molecule has 1 aliphatic heterocycles. The van der Waals surface area contributed by atoms with Crippen molar-refractivity contribution in [1.29, 1.82) is 0 Å². The topological polar surface area (TPSA) is 33.4 Å². The van der Waals surface area contributed by atoms with Crippen molar-refractivity contribution >= 4 is 22.9 Å². The Morgan fingerprint density at radius 2 is 2.24 bits per heavy atom. The van der Waals surface area contributed by atoms with Crippen LogP contribution in [0.5, 0.6) is 0 Å². The fourth-order valence-electron chi connectivity index (χ4n) is 1.96. The Morgan fingerprint density at radius 1 is 1.35 bits per heavy atom. The van der Waals surface area contributed by atoms with E-state index in [1.165, 1.54) is 0 Å². The molecule has 0 saturated heterocycles. The molecular weight excluding hydrogens is 243 g/mol. The number of anilines is 1. The van der Waals surface area contributed by atoms with Gasteiger partial charge in [0.2, 0.25) is 5.28 Å². The number of aromatic nitrogens is 3. The average Bonchev–Trinajstić information content (AvgIpc) is 2.68. The maximum Gasteiger partial charge on any atom is 0.243 e. The molecule has 0 N–H and O–H groups in total. The number of fused-ring (bicyclic) bond motifs is 1. The monoisotopic (exact) mass is 252 g/mol. The first-order chi connectivity index (χ1) is 8.22. The third kappa shape index (κ3) is 1.98. The first-order valence-electron chi connectivity index (χ1n) is 5.34. The summed E-state index contributed by atoms with van der Waals surface area (Å²) < 4.78 is 14.8. The lowest BCUT2D eigenvalue weighted by Crippen LogP contribution is -2.28.